The summed E-state index contributed by atoms with van der Waals surface area (Å²) in [6, 6.07) is 6.26. The van der Waals surface area contributed by atoms with Crippen LogP contribution < -0.4 is 5.73 Å². The molecule has 0 bridgehead atoms. The first-order chi connectivity index (χ1) is 10.5. The lowest BCUT2D eigenvalue weighted by molar-refractivity contribution is -0.146. The zero-order valence-corrected chi connectivity index (χ0v) is 15.7. The van der Waals surface area contributed by atoms with E-state index in [1.165, 1.54) is 0 Å². The van der Waals surface area contributed by atoms with Crippen LogP contribution in [0.1, 0.15) is 17.5 Å². The van der Waals surface area contributed by atoms with E-state index < -0.39 is 12.0 Å². The number of rotatable bonds is 6. The molecule has 0 aliphatic heterocycles. The molecule has 0 amide bonds. The zero-order valence-electron chi connectivity index (χ0n) is 12.5. The van der Waals surface area contributed by atoms with E-state index in [0.29, 0.717) is 18.4 Å². The maximum absolute atomic E-state index is 11.9. The number of hydrogen-bond acceptors (Lipinski definition) is 5. The van der Waals surface area contributed by atoms with E-state index in [2.05, 4.69) is 9.97 Å². The van der Waals surface area contributed by atoms with Gasteiger partial charge in [0.05, 0.1) is 0 Å². The van der Waals surface area contributed by atoms with Gasteiger partial charge in [0.25, 0.3) is 0 Å². The molecule has 0 aliphatic rings. The predicted molar refractivity (Wildman–Crippen MR) is 99.1 cm³/mol. The highest BCUT2D eigenvalue weighted by atomic mass is 35.5. The fourth-order valence-corrected chi connectivity index (χ4v) is 2.35. The number of carbonyl (C=O) groups is 1. The van der Waals surface area contributed by atoms with Crippen LogP contribution in [0.4, 0.5) is 0 Å². The van der Waals surface area contributed by atoms with Crippen molar-refractivity contribution in [2.24, 2.45) is 5.73 Å². The normalized spacial score (nSPS) is 11.0. The number of nitrogens with zero attached hydrogens (tertiary/aromatic N) is 2. The number of nitrogens with two attached hydrogens (primary N) is 1. The van der Waals surface area contributed by atoms with Crippen LogP contribution in [-0.4, -0.2) is 22.0 Å². The number of aromatic nitrogens is 2. The summed E-state index contributed by atoms with van der Waals surface area (Å²) in [5.41, 5.74) is 7.52. The molecular weight excluding hydrogens is 396 g/mol. The number of pyridine rings is 2. The molecule has 2 N–H and O–H groups in total. The van der Waals surface area contributed by atoms with Crippen molar-refractivity contribution in [2.75, 3.05) is 0 Å². The Bertz CT molecular complexity index is 624. The number of carbonyl (C=O) groups excluding carboxylic acids is 1. The second-order valence-electron chi connectivity index (χ2n) is 4.73. The van der Waals surface area contributed by atoms with Gasteiger partial charge in [-0.2, -0.15) is 0 Å². The van der Waals surface area contributed by atoms with Crippen LogP contribution in [0.25, 0.3) is 0 Å². The standard InChI is InChI=1S/C15H15Cl2N3O2.2ClH/c16-13-6-11(7-14(17)20-13)9-22-15(21)12(18)4-3-10-2-1-5-19-8-10;;/h1-2,5-8,12H,3-4,9,18H2;2*1H/t12-;;/m0../s1. The molecule has 1 atom stereocenters. The Morgan fingerprint density at radius 2 is 1.88 bits per heavy atom. The van der Waals surface area contributed by atoms with Crippen LogP contribution in [0.15, 0.2) is 36.7 Å². The Kier molecular flexibility index (Phi) is 10.9. The summed E-state index contributed by atoms with van der Waals surface area (Å²) in [5.74, 6) is -0.465. The van der Waals surface area contributed by atoms with Crippen molar-refractivity contribution in [3.05, 3.63) is 58.1 Å². The van der Waals surface area contributed by atoms with E-state index in [1.54, 1.807) is 24.5 Å². The second kappa shape index (κ2) is 11.4. The first-order valence-corrected chi connectivity index (χ1v) is 7.43. The van der Waals surface area contributed by atoms with Gasteiger partial charge in [0.2, 0.25) is 0 Å². The van der Waals surface area contributed by atoms with Crippen LogP contribution in [0.2, 0.25) is 10.3 Å². The first kappa shape index (κ1) is 22.9. The molecule has 0 saturated carbocycles. The van der Waals surface area contributed by atoms with Gasteiger partial charge in [-0.1, -0.05) is 29.3 Å². The molecule has 2 rings (SSSR count). The molecule has 2 aromatic rings. The third-order valence-corrected chi connectivity index (χ3v) is 3.36. The Morgan fingerprint density at radius 3 is 2.46 bits per heavy atom. The summed E-state index contributed by atoms with van der Waals surface area (Å²) in [6.45, 7) is 0.0569. The lowest BCUT2D eigenvalue weighted by atomic mass is 10.1. The Labute approximate surface area is 162 Å². The van der Waals surface area contributed by atoms with E-state index >= 15 is 0 Å². The molecular formula is C15H17Cl4N3O2. The molecule has 24 heavy (non-hydrogen) atoms. The number of halogens is 4. The van der Waals surface area contributed by atoms with E-state index in [0.717, 1.165) is 5.56 Å². The number of esters is 1. The van der Waals surface area contributed by atoms with Gasteiger partial charge in [-0.25, -0.2) is 4.98 Å². The minimum absolute atomic E-state index is 0. The van der Waals surface area contributed by atoms with E-state index in [-0.39, 0.29) is 41.7 Å². The van der Waals surface area contributed by atoms with Gasteiger partial charge in [-0.3, -0.25) is 9.78 Å². The number of aryl methyl sites for hydroxylation is 1. The maximum Gasteiger partial charge on any atom is 0.323 e. The van der Waals surface area contributed by atoms with Crippen molar-refractivity contribution in [1.82, 2.24) is 9.97 Å². The molecule has 9 heteroatoms. The topological polar surface area (TPSA) is 78.1 Å². The minimum atomic E-state index is -0.687. The fraction of sp³-hybridized carbons (Fsp3) is 0.267. The average molecular weight is 413 g/mol. The third kappa shape index (κ3) is 7.64. The summed E-state index contributed by atoms with van der Waals surface area (Å²) in [7, 11) is 0. The monoisotopic (exact) mass is 411 g/mol. The highest BCUT2D eigenvalue weighted by Crippen LogP contribution is 2.15. The van der Waals surface area contributed by atoms with Gasteiger partial charge in [0.1, 0.15) is 23.0 Å². The lowest BCUT2D eigenvalue weighted by Gasteiger charge is -2.11. The highest BCUT2D eigenvalue weighted by Gasteiger charge is 2.15. The summed E-state index contributed by atoms with van der Waals surface area (Å²) in [5, 5.41) is 0.499. The lowest BCUT2D eigenvalue weighted by Crippen LogP contribution is -2.32. The number of hydrogen-bond donors (Lipinski definition) is 1. The SMILES string of the molecule is Cl.Cl.N[C@@H](CCc1cccnc1)C(=O)OCc1cc(Cl)nc(Cl)c1. The van der Waals surface area contributed by atoms with Crippen molar-refractivity contribution < 1.29 is 9.53 Å². The minimum Gasteiger partial charge on any atom is -0.460 e. The summed E-state index contributed by atoms with van der Waals surface area (Å²) >= 11 is 11.6. The Hall–Kier alpha value is -1.11. The molecule has 0 radical (unpaired) electrons. The van der Waals surface area contributed by atoms with Gasteiger partial charge in [0.15, 0.2) is 0 Å². The average Bonchev–Trinajstić information content (AvgIpc) is 2.50. The smallest absolute Gasteiger partial charge is 0.323 e. The summed E-state index contributed by atoms with van der Waals surface area (Å²) in [6.07, 6.45) is 4.60. The first-order valence-electron chi connectivity index (χ1n) is 6.67. The van der Waals surface area contributed by atoms with Crippen molar-refractivity contribution in [2.45, 2.75) is 25.5 Å². The largest absolute Gasteiger partial charge is 0.460 e. The van der Waals surface area contributed by atoms with Crippen LogP contribution >= 0.6 is 48.0 Å². The molecule has 0 fully saturated rings. The molecule has 132 valence electrons. The Morgan fingerprint density at radius 1 is 1.21 bits per heavy atom. The van der Waals surface area contributed by atoms with Gasteiger partial charge < -0.3 is 10.5 Å². The predicted octanol–water partition coefficient (Wildman–Crippen LogP) is 3.63. The third-order valence-electron chi connectivity index (χ3n) is 2.97. The molecule has 0 saturated heterocycles. The molecule has 0 aliphatic carbocycles. The van der Waals surface area contributed by atoms with E-state index in [4.69, 9.17) is 33.7 Å². The molecule has 5 nitrogen and oxygen atoms in total. The van der Waals surface area contributed by atoms with E-state index in [1.807, 2.05) is 12.1 Å². The van der Waals surface area contributed by atoms with Crippen LogP contribution in [-0.2, 0) is 22.6 Å². The summed E-state index contributed by atoms with van der Waals surface area (Å²) in [4.78, 5) is 19.7. The zero-order chi connectivity index (χ0) is 15.9. The van der Waals surface area contributed by atoms with Gasteiger partial charge >= 0.3 is 5.97 Å². The van der Waals surface area contributed by atoms with Gasteiger partial charge in [-0.15, -0.1) is 24.8 Å². The van der Waals surface area contributed by atoms with Crippen molar-refractivity contribution in [3.8, 4) is 0 Å². The highest BCUT2D eigenvalue weighted by molar-refractivity contribution is 6.32. The number of ether oxygens (including phenoxy) is 1. The van der Waals surface area contributed by atoms with Crippen LogP contribution in [0.3, 0.4) is 0 Å². The van der Waals surface area contributed by atoms with Gasteiger partial charge in [0, 0.05) is 12.4 Å². The Balaban J connectivity index is 0.00000264. The summed E-state index contributed by atoms with van der Waals surface area (Å²) < 4.78 is 5.16. The fourth-order valence-electron chi connectivity index (χ4n) is 1.85. The van der Waals surface area contributed by atoms with Crippen molar-refractivity contribution in [1.29, 1.82) is 0 Å². The van der Waals surface area contributed by atoms with Crippen LogP contribution in [0.5, 0.6) is 0 Å². The maximum atomic E-state index is 11.9. The van der Waals surface area contributed by atoms with Crippen molar-refractivity contribution >= 4 is 54.0 Å². The van der Waals surface area contributed by atoms with E-state index in [9.17, 15) is 4.79 Å². The van der Waals surface area contributed by atoms with Gasteiger partial charge in [-0.05, 0) is 42.2 Å². The molecule has 2 aromatic heterocycles. The van der Waals surface area contributed by atoms with Crippen molar-refractivity contribution in [3.63, 3.8) is 0 Å². The quantitative estimate of drug-likeness (QED) is 0.578. The molecule has 0 aromatic carbocycles. The molecule has 0 spiro atoms. The molecule has 0 unspecified atom stereocenters. The van der Waals surface area contributed by atoms with Crippen LogP contribution in [0, 0.1) is 0 Å². The second-order valence-corrected chi connectivity index (χ2v) is 5.51. The molecule has 2 heterocycles.